The molecule has 7 heteroatoms. The molecule has 2 aromatic rings. The zero-order chi connectivity index (χ0) is 17.5. The number of thiophene rings is 1. The Morgan fingerprint density at radius 3 is 2.96 bits per heavy atom. The molecule has 0 radical (unpaired) electrons. The van der Waals surface area contributed by atoms with E-state index in [1.54, 1.807) is 11.3 Å². The number of rotatable bonds is 8. The van der Waals surface area contributed by atoms with E-state index in [-0.39, 0.29) is 5.91 Å². The highest BCUT2D eigenvalue weighted by Crippen LogP contribution is 2.33. The van der Waals surface area contributed by atoms with Gasteiger partial charge < -0.3 is 9.88 Å². The average Bonchev–Trinajstić information content (AvgIpc) is 3.29. The monoisotopic (exact) mass is 376 g/mol. The van der Waals surface area contributed by atoms with Crippen molar-refractivity contribution in [2.45, 2.75) is 56.3 Å². The van der Waals surface area contributed by atoms with E-state index in [9.17, 15) is 4.79 Å². The highest BCUT2D eigenvalue weighted by Gasteiger charge is 2.23. The number of hydrogen-bond donors (Lipinski definition) is 1. The lowest BCUT2D eigenvalue weighted by atomic mass is 9.89. The SMILES string of the molecule is C=CCn1c(SCC(=O)NCc2cccs2)nnc1C1CCCCC1. The Balaban J connectivity index is 1.58. The van der Waals surface area contributed by atoms with Crippen LogP contribution in [-0.4, -0.2) is 26.4 Å². The van der Waals surface area contributed by atoms with Crippen molar-refractivity contribution in [1.82, 2.24) is 20.1 Å². The summed E-state index contributed by atoms with van der Waals surface area (Å²) in [5.41, 5.74) is 0. The van der Waals surface area contributed by atoms with Crippen LogP contribution >= 0.6 is 23.1 Å². The Morgan fingerprint density at radius 1 is 1.40 bits per heavy atom. The molecule has 3 rings (SSSR count). The summed E-state index contributed by atoms with van der Waals surface area (Å²) in [7, 11) is 0. The Kier molecular flexibility index (Phi) is 6.69. The van der Waals surface area contributed by atoms with Crippen LogP contribution < -0.4 is 5.32 Å². The van der Waals surface area contributed by atoms with E-state index >= 15 is 0 Å². The van der Waals surface area contributed by atoms with Crippen molar-refractivity contribution in [1.29, 1.82) is 0 Å². The standard InChI is InChI=1S/C18H24N4OS2/c1-2-10-22-17(14-7-4-3-5-8-14)20-21-18(22)25-13-16(23)19-12-15-9-6-11-24-15/h2,6,9,11,14H,1,3-5,7-8,10,12-13H2,(H,19,23). The fourth-order valence-electron chi connectivity index (χ4n) is 3.15. The highest BCUT2D eigenvalue weighted by molar-refractivity contribution is 7.99. The molecule has 1 N–H and O–H groups in total. The lowest BCUT2D eigenvalue weighted by molar-refractivity contribution is -0.118. The molecule has 25 heavy (non-hydrogen) atoms. The average molecular weight is 377 g/mol. The molecule has 2 heterocycles. The second kappa shape index (κ2) is 9.20. The summed E-state index contributed by atoms with van der Waals surface area (Å²) in [6.07, 6.45) is 8.08. The number of amides is 1. The van der Waals surface area contributed by atoms with E-state index in [1.807, 2.05) is 23.6 Å². The fourth-order valence-corrected chi connectivity index (χ4v) is 4.58. The van der Waals surface area contributed by atoms with Crippen molar-refractivity contribution in [2.24, 2.45) is 0 Å². The molecule has 1 aliphatic carbocycles. The molecule has 1 amide bonds. The molecule has 0 aliphatic heterocycles. The molecular formula is C18H24N4OS2. The van der Waals surface area contributed by atoms with Crippen molar-refractivity contribution in [3.8, 4) is 0 Å². The summed E-state index contributed by atoms with van der Waals surface area (Å²) in [5.74, 6) is 1.92. The van der Waals surface area contributed by atoms with Gasteiger partial charge >= 0.3 is 0 Å². The van der Waals surface area contributed by atoms with Gasteiger partial charge in [0.1, 0.15) is 5.82 Å². The van der Waals surface area contributed by atoms with Gasteiger partial charge in [0.15, 0.2) is 5.16 Å². The van der Waals surface area contributed by atoms with Gasteiger partial charge in [0.05, 0.1) is 12.3 Å². The van der Waals surface area contributed by atoms with Gasteiger partial charge in [0.25, 0.3) is 0 Å². The first kappa shape index (κ1) is 18.2. The quantitative estimate of drug-likeness (QED) is 0.559. The number of carbonyl (C=O) groups is 1. The molecular weight excluding hydrogens is 352 g/mol. The van der Waals surface area contributed by atoms with Gasteiger partial charge in [0, 0.05) is 17.3 Å². The fraction of sp³-hybridized carbons (Fsp3) is 0.500. The third-order valence-corrected chi connectivity index (χ3v) is 6.24. The number of carbonyl (C=O) groups excluding carboxylic acids is 1. The molecule has 0 spiro atoms. The van der Waals surface area contributed by atoms with E-state index in [1.165, 1.54) is 43.9 Å². The van der Waals surface area contributed by atoms with Crippen LogP contribution in [0, 0.1) is 0 Å². The minimum absolute atomic E-state index is 0.0192. The predicted molar refractivity (Wildman–Crippen MR) is 103 cm³/mol. The minimum atomic E-state index is 0.0192. The summed E-state index contributed by atoms with van der Waals surface area (Å²) >= 11 is 3.10. The summed E-state index contributed by atoms with van der Waals surface area (Å²) in [6, 6.07) is 4.01. The van der Waals surface area contributed by atoms with Gasteiger partial charge in [-0.2, -0.15) is 0 Å². The zero-order valence-electron chi connectivity index (χ0n) is 14.3. The molecule has 0 atom stereocenters. The minimum Gasteiger partial charge on any atom is -0.350 e. The summed E-state index contributed by atoms with van der Waals surface area (Å²) in [6.45, 7) is 5.13. The summed E-state index contributed by atoms with van der Waals surface area (Å²) in [5, 5.41) is 14.6. The zero-order valence-corrected chi connectivity index (χ0v) is 16.0. The maximum absolute atomic E-state index is 12.1. The van der Waals surface area contributed by atoms with E-state index < -0.39 is 0 Å². The van der Waals surface area contributed by atoms with Crippen LogP contribution in [0.2, 0.25) is 0 Å². The topological polar surface area (TPSA) is 59.8 Å². The van der Waals surface area contributed by atoms with Gasteiger partial charge in [-0.3, -0.25) is 4.79 Å². The van der Waals surface area contributed by atoms with Crippen LogP contribution in [0.4, 0.5) is 0 Å². The van der Waals surface area contributed by atoms with Gasteiger partial charge in [0.2, 0.25) is 5.91 Å². The number of thioether (sulfide) groups is 1. The van der Waals surface area contributed by atoms with Crippen molar-refractivity contribution in [3.05, 3.63) is 40.9 Å². The van der Waals surface area contributed by atoms with E-state index in [0.29, 0.717) is 24.8 Å². The molecule has 1 aliphatic rings. The first-order valence-corrected chi connectivity index (χ1v) is 10.6. The Bertz CT molecular complexity index is 690. The molecule has 0 saturated heterocycles. The molecule has 1 fully saturated rings. The van der Waals surface area contributed by atoms with Crippen molar-refractivity contribution < 1.29 is 4.79 Å². The third-order valence-electron chi connectivity index (χ3n) is 4.40. The largest absolute Gasteiger partial charge is 0.350 e. The van der Waals surface area contributed by atoms with Crippen LogP contribution in [0.25, 0.3) is 0 Å². The molecule has 1 saturated carbocycles. The lowest BCUT2D eigenvalue weighted by Gasteiger charge is -2.21. The van der Waals surface area contributed by atoms with Gasteiger partial charge in [-0.15, -0.1) is 28.1 Å². The Hall–Kier alpha value is -1.60. The van der Waals surface area contributed by atoms with Gasteiger partial charge in [-0.25, -0.2) is 0 Å². The highest BCUT2D eigenvalue weighted by atomic mass is 32.2. The molecule has 0 aromatic carbocycles. The van der Waals surface area contributed by atoms with Crippen molar-refractivity contribution >= 4 is 29.0 Å². The predicted octanol–water partition coefficient (Wildman–Crippen LogP) is 3.98. The van der Waals surface area contributed by atoms with Gasteiger partial charge in [-0.05, 0) is 24.3 Å². The van der Waals surface area contributed by atoms with Gasteiger partial charge in [-0.1, -0.05) is 43.2 Å². The number of allylic oxidation sites excluding steroid dienone is 1. The molecule has 0 bridgehead atoms. The smallest absolute Gasteiger partial charge is 0.230 e. The number of aromatic nitrogens is 3. The van der Waals surface area contributed by atoms with Crippen molar-refractivity contribution in [3.63, 3.8) is 0 Å². The molecule has 0 unspecified atom stereocenters. The van der Waals surface area contributed by atoms with Crippen LogP contribution in [0.3, 0.4) is 0 Å². The maximum atomic E-state index is 12.1. The number of nitrogens with one attached hydrogen (secondary N) is 1. The van der Waals surface area contributed by atoms with Crippen LogP contribution in [0.1, 0.15) is 48.7 Å². The summed E-state index contributed by atoms with van der Waals surface area (Å²) in [4.78, 5) is 13.2. The first-order valence-electron chi connectivity index (χ1n) is 8.74. The second-order valence-electron chi connectivity index (χ2n) is 6.22. The lowest BCUT2D eigenvalue weighted by Crippen LogP contribution is -2.24. The number of hydrogen-bond acceptors (Lipinski definition) is 5. The second-order valence-corrected chi connectivity index (χ2v) is 8.19. The third kappa shape index (κ3) is 4.95. The van der Waals surface area contributed by atoms with E-state index in [4.69, 9.17) is 0 Å². The van der Waals surface area contributed by atoms with Crippen LogP contribution in [0.5, 0.6) is 0 Å². The van der Waals surface area contributed by atoms with E-state index in [2.05, 4.69) is 26.7 Å². The molecule has 2 aromatic heterocycles. The van der Waals surface area contributed by atoms with Crippen LogP contribution in [0.15, 0.2) is 35.3 Å². The van der Waals surface area contributed by atoms with Crippen molar-refractivity contribution in [2.75, 3.05) is 5.75 Å². The van der Waals surface area contributed by atoms with E-state index in [0.717, 1.165) is 15.9 Å². The molecule has 134 valence electrons. The van der Waals surface area contributed by atoms with Crippen LogP contribution in [-0.2, 0) is 17.9 Å². The number of nitrogens with zero attached hydrogens (tertiary/aromatic N) is 3. The Morgan fingerprint density at radius 2 is 2.24 bits per heavy atom. The normalized spacial score (nSPS) is 15.2. The first-order chi connectivity index (χ1) is 12.3. The Labute approximate surface area is 156 Å². The summed E-state index contributed by atoms with van der Waals surface area (Å²) < 4.78 is 2.13. The molecule has 5 nitrogen and oxygen atoms in total. The maximum Gasteiger partial charge on any atom is 0.230 e.